The molecule has 12 rings (SSSR count). The van der Waals surface area contributed by atoms with E-state index < -0.39 is 42.5 Å². The second-order valence-electron chi connectivity index (χ2n) is 30.8. The molecule has 586 valence electrons. The van der Waals surface area contributed by atoms with Gasteiger partial charge < -0.3 is 60.7 Å². The van der Waals surface area contributed by atoms with Crippen LogP contribution in [0.2, 0.25) is 82.2 Å². The maximum atomic E-state index is 5.99. The van der Waals surface area contributed by atoms with Gasteiger partial charge in [0.25, 0.3) is 0 Å². The van der Waals surface area contributed by atoms with Crippen LogP contribution in [0.1, 0.15) is 95.5 Å². The second-order valence-corrected chi connectivity index (χ2v) is 48.1. The molecule has 27 nitrogen and oxygen atoms in total. The average molecular weight is 1590 g/mol. The minimum Gasteiger partial charge on any atom is -0.502 e. The Kier molecular flexibility index (Phi) is 34.8. The fourth-order valence-electron chi connectivity index (χ4n) is 10.1. The molecule has 0 aromatic carbocycles. The van der Waals surface area contributed by atoms with E-state index in [0.717, 1.165) is 99.0 Å². The molecule has 2 saturated heterocycles. The number of nitrogens with zero attached hydrogens (tertiary/aromatic N) is 15. The van der Waals surface area contributed by atoms with E-state index in [1.54, 1.807) is 42.1 Å². The fraction of sp³-hybridized carbons (Fsp3) is 0.542. The van der Waals surface area contributed by atoms with Gasteiger partial charge in [0.05, 0.1) is 60.2 Å². The summed E-state index contributed by atoms with van der Waals surface area (Å²) >= 11 is 5.99. The first-order valence-corrected chi connectivity index (χ1v) is 47.4. The third kappa shape index (κ3) is 26.6. The molecule has 12 heterocycles. The maximum absolute atomic E-state index is 5.99. The number of fused-ring (bicyclic) bond motifs is 3. The Morgan fingerprint density at radius 2 is 0.953 bits per heavy atom. The van der Waals surface area contributed by atoms with Crippen LogP contribution >= 0.6 is 36.4 Å². The van der Waals surface area contributed by atoms with Crippen LogP contribution in [-0.2, 0) is 67.2 Å². The monoisotopic (exact) mass is 1590 g/mol. The predicted molar refractivity (Wildman–Crippen MR) is 440 cm³/mol. The first kappa shape index (κ1) is 91.0. The van der Waals surface area contributed by atoms with Crippen LogP contribution < -0.4 is 10.9 Å². The molecule has 2 fully saturated rings. The average Bonchev–Trinajstić information content (AvgIpc) is 1.64. The van der Waals surface area contributed by atoms with Gasteiger partial charge in [-0.1, -0.05) is 77.1 Å². The highest BCUT2D eigenvalue weighted by molar-refractivity contribution is 6.76. The molecule has 0 saturated carbocycles. The Bertz CT molecular complexity index is 4200. The molecule has 35 heteroatoms. The molecule has 2 N–H and O–H groups in total. The quantitative estimate of drug-likeness (QED) is 0.0159. The lowest BCUT2D eigenvalue weighted by Crippen LogP contribution is -2.42. The number of rotatable bonds is 27. The van der Waals surface area contributed by atoms with Gasteiger partial charge in [0.15, 0.2) is 0 Å². The van der Waals surface area contributed by atoms with Crippen molar-refractivity contribution in [3.05, 3.63) is 130 Å². The molecular weight excluding hydrogens is 1480 g/mol. The zero-order chi connectivity index (χ0) is 77.0. The molecule has 10 aromatic rings. The Morgan fingerprint density at radius 1 is 0.533 bits per heavy atom. The van der Waals surface area contributed by atoms with Crippen molar-refractivity contribution < 1.29 is 47.0 Å². The molecule has 0 aliphatic carbocycles. The molecular formula is C72H115B2Cl3N17O10Si3+. The number of hydrogen-bond donors (Lipinski definition) is 2. The highest BCUT2D eigenvalue weighted by atomic mass is 35.5. The molecule has 3 unspecified atom stereocenters. The van der Waals surface area contributed by atoms with Crippen LogP contribution in [0.15, 0.2) is 118 Å². The van der Waals surface area contributed by atoms with Crippen LogP contribution in [0.4, 0.5) is 0 Å². The Hall–Kier alpha value is -6.60. The van der Waals surface area contributed by atoms with E-state index in [-0.39, 0.29) is 55.6 Å². The van der Waals surface area contributed by atoms with Gasteiger partial charge in [-0.2, -0.15) is 20.4 Å². The van der Waals surface area contributed by atoms with E-state index >= 15 is 0 Å². The number of aromatic nitrogens is 17. The number of H-pyrrole nitrogens is 2. The lowest BCUT2D eigenvalue weighted by Gasteiger charge is -2.32. The summed E-state index contributed by atoms with van der Waals surface area (Å²) in [5.74, 6) is 0. The molecule has 2 aliphatic heterocycles. The minimum atomic E-state index is -1.08. The first-order valence-electron chi connectivity index (χ1n) is 35.9. The highest BCUT2D eigenvalue weighted by Crippen LogP contribution is 2.38. The van der Waals surface area contributed by atoms with E-state index in [9.17, 15) is 0 Å². The summed E-state index contributed by atoms with van der Waals surface area (Å²) in [6, 6.07) is 9.47. The van der Waals surface area contributed by atoms with Gasteiger partial charge in [0, 0.05) is 153 Å². The van der Waals surface area contributed by atoms with Crippen LogP contribution in [-0.4, -0.2) is 184 Å². The number of aromatic amines is 2. The van der Waals surface area contributed by atoms with Crippen LogP contribution in [0, 0.1) is 6.92 Å². The van der Waals surface area contributed by atoms with E-state index in [0.29, 0.717) is 38.6 Å². The first-order chi connectivity index (χ1) is 49.5. The summed E-state index contributed by atoms with van der Waals surface area (Å²) in [5.41, 5.74) is 6.49. The molecule has 2 aliphatic rings. The normalized spacial score (nSPS) is 16.3. The molecule has 10 aromatic heterocycles. The van der Waals surface area contributed by atoms with Crippen molar-refractivity contribution in [1.29, 1.82) is 0 Å². The zero-order valence-electron chi connectivity index (χ0n) is 66.6. The van der Waals surface area contributed by atoms with Gasteiger partial charge in [-0.05, 0) is 112 Å². The largest absolute Gasteiger partial charge is 0.502 e. The molecule has 0 radical (unpaired) electrons. The van der Waals surface area contributed by atoms with E-state index in [2.05, 4.69) is 138 Å². The molecule has 3 atom stereocenters. The summed E-state index contributed by atoms with van der Waals surface area (Å²) in [7, 11) is -3.89. The fourth-order valence-corrected chi connectivity index (χ4v) is 12.6. The maximum Gasteiger partial charge on any atom is 0.501 e. The van der Waals surface area contributed by atoms with Gasteiger partial charge >= 0.3 is 14.2 Å². The van der Waals surface area contributed by atoms with Crippen molar-refractivity contribution >= 4 is 119 Å². The molecule has 107 heavy (non-hydrogen) atoms. The van der Waals surface area contributed by atoms with E-state index in [1.165, 1.54) is 24.7 Å². The molecule has 0 spiro atoms. The Morgan fingerprint density at radius 3 is 1.36 bits per heavy atom. The summed E-state index contributed by atoms with van der Waals surface area (Å²) in [4.78, 5) is 25.9. The van der Waals surface area contributed by atoms with E-state index in [4.69, 9.17) is 53.9 Å². The molecule has 0 bridgehead atoms. The SMILES string of the molecule is C=COCC.CC1(C)OB(c2cn[nH]c2)OC1(C)C.CCOC(C)n1cc(-c2ncnc3c2ccn3COCC[Si](C)(C)C)cn1.C[Si](C)(C)CCOCn1ccc2c(-c3cn[nH]c3)ncnc21.C[Si](C)(C)CCOCn1ccc2c(Cl)ncnc21.Cl.Cl.[CH2+]C1(C)OB(c2cnn(C(C)OCC)c2)OC1(C)C. The summed E-state index contributed by atoms with van der Waals surface area (Å²) in [6.45, 7) is 58.3. The van der Waals surface area contributed by atoms with Crippen molar-refractivity contribution in [3.63, 3.8) is 0 Å². The predicted octanol–water partition coefficient (Wildman–Crippen LogP) is 15.0. The number of ether oxygens (including phenoxy) is 6. The van der Waals surface area contributed by atoms with Crippen molar-refractivity contribution in [2.45, 2.75) is 215 Å². The topological polar surface area (TPSA) is 277 Å². The van der Waals surface area contributed by atoms with Crippen LogP contribution in [0.25, 0.3) is 55.6 Å². The van der Waals surface area contributed by atoms with Gasteiger partial charge in [-0.15, -0.1) is 24.8 Å². The highest BCUT2D eigenvalue weighted by Gasteiger charge is 2.57. The van der Waals surface area contributed by atoms with Crippen molar-refractivity contribution in [3.8, 4) is 22.5 Å². The number of halogens is 3. The van der Waals surface area contributed by atoms with Crippen LogP contribution in [0.3, 0.4) is 0 Å². The standard InChI is InChI=1S/C19H29N5O2Si.C15H21N5OSi.C13H22BN2O3.C12H18ClN3OSi.C9H15BN2O2.C4H8O.2ClH/c1-6-26-15(2)24-12-16(11-22-24)18-17-7-8-23(19(17)21-13-20-18)14-25-9-10-27(3,4)5;1-22(2,3)7-6-21-11-20-5-4-13-14(12-8-18-19-9-12)16-10-17-15(13)20;1-7-17-10(2)16-9-11(8-15-16)14-18-12(3,4)13(5,6)19-14;1-18(2,3)7-6-17-9-16-5-4-10-11(13)14-8-15-12(10)16;1-8(2)9(3,4)14-10(13-8)7-5-11-12-6-7;1-3-5-4-2;;/h7-8,11-13,15H,6,9-10,14H2,1-5H3;4-5,8-10H,6-7,11H2,1-3H3,(H,18,19);8-10H,3,7H2,1-2,4-6H3;4-5,8H,6-7,9H2,1-3H3;5-6H,1-4H3,(H,11,12);3H,1,4H2,2H3;2*1H/q;;+1;;;;;. The van der Waals surface area contributed by atoms with Gasteiger partial charge in [0.1, 0.15) is 79.3 Å². The lowest BCUT2D eigenvalue weighted by molar-refractivity contribution is 0.00578. The number of hydrogen-bond acceptors (Lipinski definition) is 20. The third-order valence-corrected chi connectivity index (χ3v) is 23.2. The van der Waals surface area contributed by atoms with Crippen molar-refractivity contribution in [1.82, 2.24) is 83.6 Å². The zero-order valence-corrected chi connectivity index (χ0v) is 72.0. The van der Waals surface area contributed by atoms with Crippen molar-refractivity contribution in [2.75, 3.05) is 39.6 Å². The Labute approximate surface area is 653 Å². The second kappa shape index (κ2) is 40.9. The van der Waals surface area contributed by atoms with Gasteiger partial charge in [0.2, 0.25) is 5.60 Å². The Balaban J connectivity index is 0.000000238. The summed E-state index contributed by atoms with van der Waals surface area (Å²) in [6.07, 6.45) is 26.4. The summed E-state index contributed by atoms with van der Waals surface area (Å²) in [5, 5.41) is 25.5. The van der Waals surface area contributed by atoms with E-state index in [1.807, 2.05) is 163 Å². The minimum absolute atomic E-state index is 0. The van der Waals surface area contributed by atoms with Gasteiger partial charge in [-0.3, -0.25) is 10.2 Å². The lowest BCUT2D eigenvalue weighted by atomic mass is 9.82. The number of nitrogens with one attached hydrogen (secondary N) is 2. The van der Waals surface area contributed by atoms with Crippen LogP contribution in [0.5, 0.6) is 0 Å². The summed E-state index contributed by atoms with van der Waals surface area (Å²) < 4.78 is 66.1. The smallest absolute Gasteiger partial charge is 0.501 e. The molecule has 0 amide bonds. The van der Waals surface area contributed by atoms with Crippen molar-refractivity contribution in [2.24, 2.45) is 0 Å². The third-order valence-electron chi connectivity index (χ3n) is 17.8. The van der Waals surface area contributed by atoms with Gasteiger partial charge in [-0.25, -0.2) is 39.3 Å².